The molecule has 2 rings (SSSR count). The molecule has 16 heavy (non-hydrogen) atoms. The van der Waals surface area contributed by atoms with Gasteiger partial charge in [-0.05, 0) is 18.2 Å². The van der Waals surface area contributed by atoms with Crippen LogP contribution in [0.5, 0.6) is 0 Å². The summed E-state index contributed by atoms with van der Waals surface area (Å²) in [5.74, 6) is -1.66. The average Bonchev–Trinajstić information content (AvgIpc) is 2.66. The maximum absolute atomic E-state index is 10.5. The summed E-state index contributed by atoms with van der Waals surface area (Å²) in [5.41, 5.74) is 0.460. The monoisotopic (exact) mass is 258 g/mol. The zero-order chi connectivity index (χ0) is 11.7. The van der Waals surface area contributed by atoms with E-state index in [1.54, 1.807) is 12.1 Å². The molecule has 0 aliphatic heterocycles. The van der Waals surface area contributed by atoms with Crippen molar-refractivity contribution in [1.29, 1.82) is 0 Å². The van der Waals surface area contributed by atoms with Crippen molar-refractivity contribution in [2.75, 3.05) is 0 Å². The van der Waals surface area contributed by atoms with Crippen LogP contribution in [-0.2, 0) is 0 Å². The Balaban J connectivity index is 2.46. The lowest BCUT2D eigenvalue weighted by Crippen LogP contribution is -1.95. The number of aromatic nitrogens is 2. The van der Waals surface area contributed by atoms with Crippen molar-refractivity contribution in [3.8, 4) is 11.4 Å². The molecule has 82 valence electrons. The minimum Gasteiger partial charge on any atom is -0.474 e. The van der Waals surface area contributed by atoms with E-state index in [0.717, 1.165) is 0 Å². The highest BCUT2D eigenvalue weighted by Crippen LogP contribution is 2.28. The Morgan fingerprint density at radius 1 is 1.38 bits per heavy atom. The lowest BCUT2D eigenvalue weighted by Gasteiger charge is -1.98. The molecule has 0 aliphatic carbocycles. The molecule has 0 atom stereocenters. The number of carboxylic acid groups (broad SMARTS) is 1. The molecule has 0 amide bonds. The van der Waals surface area contributed by atoms with E-state index in [2.05, 4.69) is 14.7 Å². The summed E-state index contributed by atoms with van der Waals surface area (Å²) in [6.45, 7) is 0. The molecule has 0 saturated carbocycles. The third kappa shape index (κ3) is 2.00. The second-order valence-electron chi connectivity index (χ2n) is 2.85. The first-order valence-corrected chi connectivity index (χ1v) is 4.86. The molecule has 0 fully saturated rings. The first-order chi connectivity index (χ1) is 7.58. The van der Waals surface area contributed by atoms with E-state index >= 15 is 0 Å². The van der Waals surface area contributed by atoms with Crippen molar-refractivity contribution >= 4 is 29.2 Å². The molecule has 0 aliphatic rings. The Kier molecular flexibility index (Phi) is 2.80. The van der Waals surface area contributed by atoms with E-state index in [-0.39, 0.29) is 5.82 Å². The van der Waals surface area contributed by atoms with Gasteiger partial charge in [-0.2, -0.15) is 4.98 Å². The van der Waals surface area contributed by atoms with Crippen LogP contribution in [0.3, 0.4) is 0 Å². The Morgan fingerprint density at radius 2 is 2.12 bits per heavy atom. The van der Waals surface area contributed by atoms with E-state index < -0.39 is 11.9 Å². The Bertz CT molecular complexity index is 553. The number of carboxylic acids is 1. The highest BCUT2D eigenvalue weighted by molar-refractivity contribution is 6.36. The summed E-state index contributed by atoms with van der Waals surface area (Å²) in [6.07, 6.45) is 0. The van der Waals surface area contributed by atoms with Gasteiger partial charge in [-0.15, -0.1) is 0 Å². The summed E-state index contributed by atoms with van der Waals surface area (Å²) < 4.78 is 4.51. The number of nitrogens with zero attached hydrogens (tertiary/aromatic N) is 2. The summed E-state index contributed by atoms with van der Waals surface area (Å²) >= 11 is 11.6. The van der Waals surface area contributed by atoms with Gasteiger partial charge in [0, 0.05) is 10.6 Å². The van der Waals surface area contributed by atoms with Crippen LogP contribution in [0.4, 0.5) is 0 Å². The fourth-order valence-electron chi connectivity index (χ4n) is 1.09. The lowest BCUT2D eigenvalue weighted by molar-refractivity contribution is 0.0643. The van der Waals surface area contributed by atoms with Crippen LogP contribution in [-0.4, -0.2) is 21.2 Å². The number of rotatable bonds is 2. The normalized spacial score (nSPS) is 10.4. The largest absolute Gasteiger partial charge is 0.474 e. The fraction of sp³-hybridized carbons (Fsp3) is 0. The zero-order valence-electron chi connectivity index (χ0n) is 7.65. The number of benzene rings is 1. The third-order valence-electron chi connectivity index (χ3n) is 1.78. The summed E-state index contributed by atoms with van der Waals surface area (Å²) in [5, 5.41) is 12.9. The molecule has 1 aromatic heterocycles. The number of carbonyl (C=O) groups is 1. The fourth-order valence-corrected chi connectivity index (χ4v) is 1.58. The molecule has 0 bridgehead atoms. The van der Waals surface area contributed by atoms with Gasteiger partial charge in [0.25, 0.3) is 0 Å². The smallest absolute Gasteiger partial charge is 0.394 e. The van der Waals surface area contributed by atoms with Crippen molar-refractivity contribution in [3.05, 3.63) is 34.1 Å². The van der Waals surface area contributed by atoms with Crippen LogP contribution < -0.4 is 0 Å². The topological polar surface area (TPSA) is 76.2 Å². The summed E-state index contributed by atoms with van der Waals surface area (Å²) in [4.78, 5) is 14.2. The average molecular weight is 259 g/mol. The first kappa shape index (κ1) is 10.9. The number of hydrogen-bond donors (Lipinski definition) is 1. The first-order valence-electron chi connectivity index (χ1n) is 4.10. The molecular formula is C9H4Cl2N2O3. The van der Waals surface area contributed by atoms with Crippen LogP contribution in [0.2, 0.25) is 10.0 Å². The molecule has 0 spiro atoms. The van der Waals surface area contributed by atoms with Crippen LogP contribution in [0.1, 0.15) is 10.7 Å². The predicted octanol–water partition coefficient (Wildman–Crippen LogP) is 2.74. The van der Waals surface area contributed by atoms with E-state index in [1.165, 1.54) is 6.07 Å². The molecule has 0 unspecified atom stereocenters. The van der Waals surface area contributed by atoms with Crippen LogP contribution in [0.25, 0.3) is 11.4 Å². The molecule has 0 radical (unpaired) electrons. The minimum atomic E-state index is -1.29. The van der Waals surface area contributed by atoms with Crippen molar-refractivity contribution in [2.45, 2.75) is 0 Å². The second-order valence-corrected chi connectivity index (χ2v) is 3.70. The standard InChI is InChI=1S/C9H4Cl2N2O3/c10-4-1-2-5(6(11)3-4)7-12-8(9(14)15)16-13-7/h1-3H,(H,14,15). The van der Waals surface area contributed by atoms with Gasteiger partial charge in [0.05, 0.1) is 5.02 Å². The summed E-state index contributed by atoms with van der Waals surface area (Å²) in [6, 6.07) is 4.69. The van der Waals surface area contributed by atoms with Gasteiger partial charge in [-0.25, -0.2) is 4.79 Å². The highest BCUT2D eigenvalue weighted by atomic mass is 35.5. The van der Waals surface area contributed by atoms with Crippen molar-refractivity contribution in [1.82, 2.24) is 10.1 Å². The SMILES string of the molecule is O=C(O)c1nc(-c2ccc(Cl)cc2Cl)no1. The highest BCUT2D eigenvalue weighted by Gasteiger charge is 2.16. The van der Waals surface area contributed by atoms with Gasteiger partial charge >= 0.3 is 11.9 Å². The Labute approximate surface area is 99.6 Å². The third-order valence-corrected chi connectivity index (χ3v) is 2.33. The van der Waals surface area contributed by atoms with Gasteiger partial charge in [0.2, 0.25) is 5.82 Å². The van der Waals surface area contributed by atoms with Crippen LogP contribution in [0.15, 0.2) is 22.7 Å². The number of hydrogen-bond acceptors (Lipinski definition) is 4. The van der Waals surface area contributed by atoms with Gasteiger partial charge in [-0.1, -0.05) is 28.4 Å². The summed E-state index contributed by atoms with van der Waals surface area (Å²) in [7, 11) is 0. The Morgan fingerprint density at radius 3 is 2.69 bits per heavy atom. The van der Waals surface area contributed by atoms with E-state index in [0.29, 0.717) is 15.6 Å². The van der Waals surface area contributed by atoms with Crippen molar-refractivity contribution in [3.63, 3.8) is 0 Å². The number of aromatic carboxylic acids is 1. The molecule has 1 heterocycles. The molecule has 1 aromatic carbocycles. The van der Waals surface area contributed by atoms with Gasteiger partial charge in [0.15, 0.2) is 0 Å². The van der Waals surface area contributed by atoms with Gasteiger partial charge in [0.1, 0.15) is 0 Å². The molecule has 5 nitrogen and oxygen atoms in total. The quantitative estimate of drug-likeness (QED) is 0.897. The molecule has 7 heteroatoms. The van der Waals surface area contributed by atoms with Crippen LogP contribution >= 0.6 is 23.2 Å². The molecular weight excluding hydrogens is 255 g/mol. The Hall–Kier alpha value is -1.59. The maximum atomic E-state index is 10.5. The van der Waals surface area contributed by atoms with Crippen molar-refractivity contribution < 1.29 is 14.4 Å². The predicted molar refractivity (Wildman–Crippen MR) is 56.7 cm³/mol. The van der Waals surface area contributed by atoms with Crippen molar-refractivity contribution in [2.24, 2.45) is 0 Å². The van der Waals surface area contributed by atoms with E-state index in [9.17, 15) is 4.79 Å². The second kappa shape index (κ2) is 4.11. The van der Waals surface area contributed by atoms with E-state index in [1.807, 2.05) is 0 Å². The van der Waals surface area contributed by atoms with Crippen LogP contribution in [0, 0.1) is 0 Å². The lowest BCUT2D eigenvalue weighted by atomic mass is 10.2. The molecule has 0 saturated heterocycles. The zero-order valence-corrected chi connectivity index (χ0v) is 9.16. The minimum absolute atomic E-state index is 0.110. The van der Waals surface area contributed by atoms with Gasteiger partial charge in [-0.3, -0.25) is 0 Å². The maximum Gasteiger partial charge on any atom is 0.394 e. The van der Waals surface area contributed by atoms with E-state index in [4.69, 9.17) is 28.3 Å². The number of halogens is 2. The van der Waals surface area contributed by atoms with Gasteiger partial charge < -0.3 is 9.63 Å². The molecule has 1 N–H and O–H groups in total. The molecule has 2 aromatic rings.